The Balaban J connectivity index is 2.33. The number of aromatic nitrogens is 2. The predicted octanol–water partition coefficient (Wildman–Crippen LogP) is 4.31. The number of benzene rings is 1. The molecule has 2 aromatic rings. The summed E-state index contributed by atoms with van der Waals surface area (Å²) in [7, 11) is 0. The van der Waals surface area contributed by atoms with Crippen LogP contribution in [0, 0.1) is 0 Å². The van der Waals surface area contributed by atoms with E-state index in [-0.39, 0.29) is 4.83 Å². The highest BCUT2D eigenvalue weighted by molar-refractivity contribution is 9.09. The molecule has 0 bridgehead atoms. The Morgan fingerprint density at radius 3 is 2.53 bits per heavy atom. The van der Waals surface area contributed by atoms with Crippen LogP contribution >= 0.6 is 39.1 Å². The van der Waals surface area contributed by atoms with E-state index in [9.17, 15) is 0 Å². The van der Waals surface area contributed by atoms with Crippen molar-refractivity contribution in [2.45, 2.75) is 11.8 Å². The molecule has 1 unspecified atom stereocenters. The zero-order valence-electron chi connectivity index (χ0n) is 7.95. The second-order valence-electron chi connectivity index (χ2n) is 3.08. The van der Waals surface area contributed by atoms with Crippen LogP contribution in [0.4, 0.5) is 0 Å². The minimum Gasteiger partial charge on any atom is -0.219 e. The van der Waals surface area contributed by atoms with Gasteiger partial charge in [0.15, 0.2) is 5.82 Å². The van der Waals surface area contributed by atoms with Gasteiger partial charge in [-0.3, -0.25) is 0 Å². The lowest BCUT2D eigenvalue weighted by atomic mass is 10.2. The van der Waals surface area contributed by atoms with Gasteiger partial charge < -0.3 is 0 Å². The maximum Gasteiger partial charge on any atom is 0.173 e. The van der Waals surface area contributed by atoms with E-state index in [4.69, 9.17) is 11.6 Å². The van der Waals surface area contributed by atoms with Gasteiger partial charge in [0.2, 0.25) is 0 Å². The topological polar surface area (TPSA) is 25.8 Å². The summed E-state index contributed by atoms with van der Waals surface area (Å²) in [4.78, 5) is 4.67. The first kappa shape index (κ1) is 11.0. The summed E-state index contributed by atoms with van der Waals surface area (Å²) in [6.07, 6.45) is 0. The molecule has 0 saturated heterocycles. The second kappa shape index (κ2) is 4.60. The van der Waals surface area contributed by atoms with E-state index in [1.165, 1.54) is 11.5 Å². The molecule has 1 atom stereocenters. The number of hydrogen-bond donors (Lipinski definition) is 0. The first-order valence-electron chi connectivity index (χ1n) is 4.40. The lowest BCUT2D eigenvalue weighted by Gasteiger charge is -1.95. The van der Waals surface area contributed by atoms with Gasteiger partial charge in [0, 0.05) is 10.6 Å². The first-order chi connectivity index (χ1) is 7.16. The number of halogens is 2. The molecule has 1 heterocycles. The molecule has 2 nitrogen and oxygen atoms in total. The minimum atomic E-state index is 0.246. The van der Waals surface area contributed by atoms with Crippen molar-refractivity contribution in [3.8, 4) is 11.4 Å². The molecule has 5 heteroatoms. The number of rotatable bonds is 2. The number of alkyl halides is 1. The van der Waals surface area contributed by atoms with Crippen molar-refractivity contribution in [1.29, 1.82) is 0 Å². The third-order valence-electron chi connectivity index (χ3n) is 1.88. The van der Waals surface area contributed by atoms with Crippen molar-refractivity contribution in [1.82, 2.24) is 9.36 Å². The number of hydrogen-bond acceptors (Lipinski definition) is 3. The maximum atomic E-state index is 5.81. The third-order valence-corrected chi connectivity index (χ3v) is 3.77. The average molecular weight is 304 g/mol. The molecule has 0 spiro atoms. The lowest BCUT2D eigenvalue weighted by Crippen LogP contribution is -1.83. The van der Waals surface area contributed by atoms with E-state index >= 15 is 0 Å². The average Bonchev–Trinajstić information content (AvgIpc) is 2.68. The summed E-state index contributed by atoms with van der Waals surface area (Å²) in [5.41, 5.74) is 0.995. The molecule has 15 heavy (non-hydrogen) atoms. The van der Waals surface area contributed by atoms with Crippen LogP contribution in [0.15, 0.2) is 24.3 Å². The van der Waals surface area contributed by atoms with E-state index in [0.717, 1.165) is 21.4 Å². The van der Waals surface area contributed by atoms with Crippen LogP contribution < -0.4 is 0 Å². The van der Waals surface area contributed by atoms with Crippen LogP contribution in [0.5, 0.6) is 0 Å². The Morgan fingerprint density at radius 2 is 2.00 bits per heavy atom. The van der Waals surface area contributed by atoms with Gasteiger partial charge in [-0.2, -0.15) is 4.37 Å². The first-order valence-corrected chi connectivity index (χ1v) is 6.47. The van der Waals surface area contributed by atoms with Crippen molar-refractivity contribution in [2.24, 2.45) is 0 Å². The van der Waals surface area contributed by atoms with E-state index in [1.54, 1.807) is 0 Å². The molecular weight excluding hydrogens is 296 g/mol. The van der Waals surface area contributed by atoms with E-state index in [1.807, 2.05) is 31.2 Å². The smallest absolute Gasteiger partial charge is 0.173 e. The third kappa shape index (κ3) is 2.56. The summed E-state index contributed by atoms with van der Waals surface area (Å²) < 4.78 is 4.29. The Labute approximate surface area is 106 Å². The van der Waals surface area contributed by atoms with Crippen molar-refractivity contribution in [2.75, 3.05) is 0 Å². The standard InChI is InChI=1S/C10H8BrClN2S/c1-6(11)10-13-9(14-15-10)7-2-4-8(12)5-3-7/h2-6H,1H3. The molecule has 0 aliphatic carbocycles. The van der Waals surface area contributed by atoms with Gasteiger partial charge in [0.05, 0.1) is 4.83 Å². The summed E-state index contributed by atoms with van der Waals surface area (Å²) in [6, 6.07) is 7.53. The quantitative estimate of drug-likeness (QED) is 0.772. The van der Waals surface area contributed by atoms with Crippen LogP contribution in [-0.2, 0) is 0 Å². The minimum absolute atomic E-state index is 0.246. The van der Waals surface area contributed by atoms with Gasteiger partial charge in [-0.05, 0) is 42.7 Å². The van der Waals surface area contributed by atoms with Gasteiger partial charge >= 0.3 is 0 Å². The van der Waals surface area contributed by atoms with Crippen LogP contribution in [0.1, 0.15) is 16.8 Å². The Hall–Kier alpha value is -0.450. The number of nitrogens with zero attached hydrogens (tertiary/aromatic N) is 2. The molecular formula is C10H8BrClN2S. The van der Waals surface area contributed by atoms with E-state index in [0.29, 0.717) is 0 Å². The van der Waals surface area contributed by atoms with Gasteiger partial charge in [-0.15, -0.1) is 0 Å². The fraction of sp³-hybridized carbons (Fsp3) is 0.200. The summed E-state index contributed by atoms with van der Waals surface area (Å²) in [5.74, 6) is 0.762. The summed E-state index contributed by atoms with van der Waals surface area (Å²) >= 11 is 10.7. The fourth-order valence-corrected chi connectivity index (χ4v) is 2.19. The fourth-order valence-electron chi connectivity index (χ4n) is 1.11. The summed E-state index contributed by atoms with van der Waals surface area (Å²) in [6.45, 7) is 2.03. The van der Waals surface area contributed by atoms with Crippen molar-refractivity contribution in [3.63, 3.8) is 0 Å². The lowest BCUT2D eigenvalue weighted by molar-refractivity contribution is 1.08. The molecule has 0 aliphatic rings. The second-order valence-corrected chi connectivity index (χ2v) is 5.67. The van der Waals surface area contributed by atoms with Crippen LogP contribution in [-0.4, -0.2) is 9.36 Å². The SMILES string of the molecule is CC(Br)c1nc(-c2ccc(Cl)cc2)ns1. The maximum absolute atomic E-state index is 5.81. The van der Waals surface area contributed by atoms with Gasteiger partial charge in [0.1, 0.15) is 5.01 Å². The molecule has 1 aromatic carbocycles. The highest BCUT2D eigenvalue weighted by atomic mass is 79.9. The van der Waals surface area contributed by atoms with E-state index < -0.39 is 0 Å². The van der Waals surface area contributed by atoms with Gasteiger partial charge in [0.25, 0.3) is 0 Å². The Kier molecular flexibility index (Phi) is 3.38. The highest BCUT2D eigenvalue weighted by Gasteiger charge is 2.09. The summed E-state index contributed by atoms with van der Waals surface area (Å²) in [5, 5.41) is 1.71. The van der Waals surface area contributed by atoms with Crippen molar-refractivity contribution >= 4 is 39.1 Å². The van der Waals surface area contributed by atoms with Crippen molar-refractivity contribution < 1.29 is 0 Å². The van der Waals surface area contributed by atoms with Crippen LogP contribution in [0.3, 0.4) is 0 Å². The molecule has 0 saturated carbocycles. The largest absolute Gasteiger partial charge is 0.219 e. The zero-order chi connectivity index (χ0) is 10.8. The van der Waals surface area contributed by atoms with Crippen LogP contribution in [0.25, 0.3) is 11.4 Å². The predicted molar refractivity (Wildman–Crippen MR) is 67.7 cm³/mol. The van der Waals surface area contributed by atoms with Crippen molar-refractivity contribution in [3.05, 3.63) is 34.3 Å². The normalized spacial score (nSPS) is 12.7. The molecule has 0 N–H and O–H groups in total. The Morgan fingerprint density at radius 1 is 1.33 bits per heavy atom. The molecule has 0 fully saturated rings. The molecule has 0 aliphatic heterocycles. The zero-order valence-corrected chi connectivity index (χ0v) is 11.1. The molecule has 1 aromatic heterocycles. The Bertz CT molecular complexity index is 453. The highest BCUT2D eigenvalue weighted by Crippen LogP contribution is 2.27. The molecule has 0 radical (unpaired) electrons. The van der Waals surface area contributed by atoms with Crippen LogP contribution in [0.2, 0.25) is 5.02 Å². The molecule has 0 amide bonds. The van der Waals surface area contributed by atoms with E-state index in [2.05, 4.69) is 25.3 Å². The molecule has 78 valence electrons. The van der Waals surface area contributed by atoms with Gasteiger partial charge in [-0.1, -0.05) is 27.5 Å². The monoisotopic (exact) mass is 302 g/mol. The van der Waals surface area contributed by atoms with Gasteiger partial charge in [-0.25, -0.2) is 4.98 Å². The molecule has 2 rings (SSSR count).